The maximum absolute atomic E-state index is 9.67. The molecule has 1 aromatic heterocycles. The molecule has 1 heterocycles. The van der Waals surface area contributed by atoms with E-state index in [1.807, 2.05) is 0 Å². The largest absolute Gasteiger partial charge is 0.391 e. The van der Waals surface area contributed by atoms with Crippen LogP contribution in [-0.2, 0) is 12.0 Å². The summed E-state index contributed by atoms with van der Waals surface area (Å²) in [6.45, 7) is 12.3. The summed E-state index contributed by atoms with van der Waals surface area (Å²) in [6.07, 6.45) is 0. The molecule has 0 aliphatic rings. The Kier molecular flexibility index (Phi) is 4.18. The van der Waals surface area contributed by atoms with E-state index in [0.717, 1.165) is 22.5 Å². The first-order valence-electron chi connectivity index (χ1n) is 7.13. The fourth-order valence-corrected chi connectivity index (χ4v) is 3.10. The maximum Gasteiger partial charge on any atom is 0.138 e. The van der Waals surface area contributed by atoms with Crippen LogP contribution in [0.1, 0.15) is 48.7 Å². The lowest BCUT2D eigenvalue weighted by Gasteiger charge is -2.16. The van der Waals surface area contributed by atoms with Crippen LogP contribution < -0.4 is 0 Å². The molecule has 1 aromatic carbocycles. The van der Waals surface area contributed by atoms with Crippen molar-refractivity contribution in [3.8, 4) is 5.69 Å². The van der Waals surface area contributed by atoms with Gasteiger partial charge < -0.3 is 5.11 Å². The molecule has 0 fully saturated rings. The number of aryl methyl sites for hydroxylation is 3. The van der Waals surface area contributed by atoms with Gasteiger partial charge in [0.1, 0.15) is 5.15 Å². The third-order valence-corrected chi connectivity index (χ3v) is 4.02. The second kappa shape index (κ2) is 5.47. The van der Waals surface area contributed by atoms with Crippen molar-refractivity contribution in [2.45, 2.75) is 53.6 Å². The fourth-order valence-electron chi connectivity index (χ4n) is 2.83. The molecule has 114 valence electrons. The number of benzene rings is 1. The Bertz CT molecular complexity index is 658. The van der Waals surface area contributed by atoms with Gasteiger partial charge in [-0.15, -0.1) is 0 Å². The molecule has 0 aliphatic carbocycles. The van der Waals surface area contributed by atoms with Gasteiger partial charge in [-0.2, -0.15) is 5.10 Å². The first-order chi connectivity index (χ1) is 9.66. The van der Waals surface area contributed by atoms with E-state index < -0.39 is 0 Å². The summed E-state index contributed by atoms with van der Waals surface area (Å²) in [6, 6.07) is 4.24. The number of hydrogen-bond donors (Lipinski definition) is 1. The number of rotatable bonds is 2. The molecule has 0 saturated heterocycles. The van der Waals surface area contributed by atoms with Crippen LogP contribution in [0, 0.1) is 20.8 Å². The fraction of sp³-hybridized carbons (Fsp3) is 0.471. The third kappa shape index (κ3) is 2.85. The van der Waals surface area contributed by atoms with Crippen molar-refractivity contribution in [3.05, 3.63) is 45.2 Å². The second-order valence-electron chi connectivity index (χ2n) is 6.69. The van der Waals surface area contributed by atoms with Crippen LogP contribution in [-0.4, -0.2) is 14.9 Å². The van der Waals surface area contributed by atoms with Gasteiger partial charge in [0, 0.05) is 11.0 Å². The zero-order chi connectivity index (χ0) is 15.9. The van der Waals surface area contributed by atoms with Crippen LogP contribution in [0.3, 0.4) is 0 Å². The summed E-state index contributed by atoms with van der Waals surface area (Å²) in [7, 11) is 0. The van der Waals surface area contributed by atoms with E-state index in [1.54, 1.807) is 4.68 Å². The van der Waals surface area contributed by atoms with Gasteiger partial charge in [0.15, 0.2) is 0 Å². The van der Waals surface area contributed by atoms with E-state index in [0.29, 0.717) is 10.7 Å². The van der Waals surface area contributed by atoms with Crippen LogP contribution in [0.25, 0.3) is 5.69 Å². The normalized spacial score (nSPS) is 12.0. The van der Waals surface area contributed by atoms with E-state index in [-0.39, 0.29) is 12.0 Å². The predicted octanol–water partition coefficient (Wildman–Crippen LogP) is 4.24. The Hall–Kier alpha value is -1.32. The topological polar surface area (TPSA) is 38.0 Å². The molecule has 0 amide bonds. The minimum atomic E-state index is -0.167. The molecule has 3 nitrogen and oxygen atoms in total. The van der Waals surface area contributed by atoms with Gasteiger partial charge in [-0.3, -0.25) is 0 Å². The number of aliphatic hydroxyl groups excluding tert-OH is 1. The Morgan fingerprint density at radius 1 is 1.14 bits per heavy atom. The Labute approximate surface area is 131 Å². The number of halogens is 1. The zero-order valence-electron chi connectivity index (χ0n) is 13.6. The minimum Gasteiger partial charge on any atom is -0.391 e. The Morgan fingerprint density at radius 3 is 2.05 bits per heavy atom. The van der Waals surface area contributed by atoms with Crippen LogP contribution in [0.4, 0.5) is 0 Å². The van der Waals surface area contributed by atoms with Crippen molar-refractivity contribution in [3.63, 3.8) is 0 Å². The van der Waals surface area contributed by atoms with Crippen LogP contribution in [0.15, 0.2) is 12.1 Å². The van der Waals surface area contributed by atoms with Gasteiger partial charge in [-0.05, 0) is 31.9 Å². The van der Waals surface area contributed by atoms with E-state index >= 15 is 0 Å². The van der Waals surface area contributed by atoms with Crippen molar-refractivity contribution in [2.24, 2.45) is 0 Å². The van der Waals surface area contributed by atoms with Crippen molar-refractivity contribution in [1.29, 1.82) is 0 Å². The Balaban J connectivity index is 2.75. The number of nitrogens with zero attached hydrogens (tertiary/aromatic N) is 2. The molecule has 0 saturated carbocycles. The highest BCUT2D eigenvalue weighted by atomic mass is 35.5. The van der Waals surface area contributed by atoms with E-state index in [9.17, 15) is 5.11 Å². The van der Waals surface area contributed by atoms with Crippen LogP contribution in [0.2, 0.25) is 5.15 Å². The molecule has 0 aliphatic heterocycles. The average molecular weight is 307 g/mol. The molecule has 4 heteroatoms. The highest BCUT2D eigenvalue weighted by Gasteiger charge is 2.26. The summed E-state index contributed by atoms with van der Waals surface area (Å²) in [5.41, 5.74) is 5.85. The summed E-state index contributed by atoms with van der Waals surface area (Å²) < 4.78 is 1.76. The highest BCUT2D eigenvalue weighted by Crippen LogP contribution is 2.33. The van der Waals surface area contributed by atoms with Gasteiger partial charge >= 0.3 is 0 Å². The molecular formula is C17H23ClN2O. The summed E-state index contributed by atoms with van der Waals surface area (Å²) in [5.74, 6) is 0. The Morgan fingerprint density at radius 2 is 1.67 bits per heavy atom. The molecule has 0 unspecified atom stereocenters. The molecule has 2 rings (SSSR count). The molecule has 0 atom stereocenters. The van der Waals surface area contributed by atoms with E-state index in [4.69, 9.17) is 16.7 Å². The quantitative estimate of drug-likeness (QED) is 0.901. The van der Waals surface area contributed by atoms with Crippen molar-refractivity contribution in [1.82, 2.24) is 9.78 Å². The lowest BCUT2D eigenvalue weighted by molar-refractivity contribution is 0.278. The summed E-state index contributed by atoms with van der Waals surface area (Å²) in [4.78, 5) is 0. The smallest absolute Gasteiger partial charge is 0.138 e. The van der Waals surface area contributed by atoms with Gasteiger partial charge in [0.25, 0.3) is 0 Å². The first kappa shape index (κ1) is 16.1. The standard InChI is InChI=1S/C17H23ClN2O/c1-10-7-11(2)14(12(3)8-10)20-16(18)13(9-21)15(19-20)17(4,5)6/h7-8,21H,9H2,1-6H3. The van der Waals surface area contributed by atoms with Gasteiger partial charge in [-0.25, -0.2) is 4.68 Å². The molecule has 0 bridgehead atoms. The van der Waals surface area contributed by atoms with Gasteiger partial charge in [-0.1, -0.05) is 50.1 Å². The minimum absolute atomic E-state index is 0.102. The van der Waals surface area contributed by atoms with Gasteiger partial charge in [0.2, 0.25) is 0 Å². The number of aromatic nitrogens is 2. The average Bonchev–Trinajstić information content (AvgIpc) is 2.65. The lowest BCUT2D eigenvalue weighted by Crippen LogP contribution is -2.15. The van der Waals surface area contributed by atoms with Crippen molar-refractivity contribution in [2.75, 3.05) is 0 Å². The molecule has 2 aromatic rings. The summed E-state index contributed by atoms with van der Waals surface area (Å²) >= 11 is 6.49. The molecular weight excluding hydrogens is 284 g/mol. The first-order valence-corrected chi connectivity index (χ1v) is 7.51. The lowest BCUT2D eigenvalue weighted by atomic mass is 9.90. The number of hydrogen-bond acceptors (Lipinski definition) is 2. The molecule has 21 heavy (non-hydrogen) atoms. The van der Waals surface area contributed by atoms with E-state index in [2.05, 4.69) is 53.7 Å². The molecule has 0 spiro atoms. The molecule has 0 radical (unpaired) electrons. The van der Waals surface area contributed by atoms with Gasteiger partial charge in [0.05, 0.1) is 18.0 Å². The summed E-state index contributed by atoms with van der Waals surface area (Å²) in [5, 5.41) is 14.9. The monoisotopic (exact) mass is 306 g/mol. The molecule has 1 N–H and O–H groups in total. The number of aliphatic hydroxyl groups is 1. The van der Waals surface area contributed by atoms with Crippen molar-refractivity contribution < 1.29 is 5.11 Å². The zero-order valence-corrected chi connectivity index (χ0v) is 14.3. The third-order valence-electron chi connectivity index (χ3n) is 3.64. The highest BCUT2D eigenvalue weighted by molar-refractivity contribution is 6.30. The van der Waals surface area contributed by atoms with E-state index in [1.165, 1.54) is 5.56 Å². The van der Waals surface area contributed by atoms with Crippen molar-refractivity contribution >= 4 is 11.6 Å². The second-order valence-corrected chi connectivity index (χ2v) is 7.04. The van der Waals surface area contributed by atoms with Crippen LogP contribution >= 0.6 is 11.6 Å². The predicted molar refractivity (Wildman–Crippen MR) is 87.4 cm³/mol. The SMILES string of the molecule is Cc1cc(C)c(-n2nc(C(C)(C)C)c(CO)c2Cl)c(C)c1. The van der Waals surface area contributed by atoms with Crippen LogP contribution in [0.5, 0.6) is 0 Å². The maximum atomic E-state index is 9.67.